The normalized spacial score (nSPS) is 11.7. The van der Waals surface area contributed by atoms with Crippen LogP contribution in [-0.2, 0) is 31.9 Å². The number of fused-ring (bicyclic) bond motifs is 3. The Morgan fingerprint density at radius 3 is 2.16 bits per heavy atom. The molecule has 0 N–H and O–H groups in total. The minimum atomic E-state index is -0.0293. The standard InChI is InChI=1S/C37H32N4O.Pt/c1-36(2,3)25-14-16-39-32(20-25)24-18-27(38-7)22-29(19-24)42-28-12-13-31-30-10-8-9-11-33(30)41(34(31)23-28)35-21-26(15-17-40-35)37(4,5)6;/h8-18,20-22H,1-6H3;/q-2;+2. The van der Waals surface area contributed by atoms with E-state index in [2.05, 4.69) is 104 Å². The molecule has 0 aliphatic heterocycles. The van der Waals surface area contributed by atoms with Gasteiger partial charge in [0, 0.05) is 29.4 Å². The second-order valence-corrected chi connectivity index (χ2v) is 12.6. The Labute approximate surface area is 267 Å². The van der Waals surface area contributed by atoms with Crippen LogP contribution < -0.4 is 4.74 Å². The van der Waals surface area contributed by atoms with E-state index in [1.165, 1.54) is 5.56 Å². The third kappa shape index (κ3) is 5.99. The summed E-state index contributed by atoms with van der Waals surface area (Å²) in [6, 6.07) is 30.9. The molecule has 216 valence electrons. The van der Waals surface area contributed by atoms with Crippen molar-refractivity contribution >= 4 is 27.5 Å². The molecule has 0 bridgehead atoms. The predicted octanol–water partition coefficient (Wildman–Crippen LogP) is 9.78. The summed E-state index contributed by atoms with van der Waals surface area (Å²) >= 11 is 0. The monoisotopic (exact) mass is 743 g/mol. The molecule has 6 rings (SSSR count). The van der Waals surface area contributed by atoms with Crippen molar-refractivity contribution in [3.8, 4) is 28.6 Å². The molecular formula is C37H32N4OPt. The average Bonchev–Trinajstić information content (AvgIpc) is 3.30. The minimum Gasteiger partial charge on any atom is -0.504 e. The number of aromatic nitrogens is 3. The molecule has 0 spiro atoms. The van der Waals surface area contributed by atoms with Gasteiger partial charge in [-0.15, -0.1) is 29.1 Å². The zero-order valence-electron chi connectivity index (χ0n) is 25.1. The molecule has 0 saturated carbocycles. The van der Waals surface area contributed by atoms with Crippen LogP contribution in [0.3, 0.4) is 0 Å². The van der Waals surface area contributed by atoms with Crippen LogP contribution in [-0.4, -0.2) is 14.5 Å². The zero-order chi connectivity index (χ0) is 29.6. The molecular weight excluding hydrogens is 712 g/mol. The Kier molecular flexibility index (Phi) is 8.03. The first kappa shape index (κ1) is 30.2. The number of hydrogen-bond donors (Lipinski definition) is 0. The van der Waals surface area contributed by atoms with Gasteiger partial charge in [-0.25, -0.2) is 4.98 Å². The molecule has 0 unspecified atom stereocenters. The van der Waals surface area contributed by atoms with E-state index in [0.717, 1.165) is 38.9 Å². The van der Waals surface area contributed by atoms with Gasteiger partial charge >= 0.3 is 21.1 Å². The quantitative estimate of drug-likeness (QED) is 0.169. The number of nitrogens with zero attached hydrogens (tertiary/aromatic N) is 4. The first-order valence-corrected chi connectivity index (χ1v) is 14.0. The second kappa shape index (κ2) is 11.4. The number of para-hydroxylation sites is 1. The summed E-state index contributed by atoms with van der Waals surface area (Å²) in [5.74, 6) is 1.79. The van der Waals surface area contributed by atoms with Crippen molar-refractivity contribution in [1.82, 2.24) is 14.5 Å². The number of pyridine rings is 2. The Hall–Kier alpha value is -4.26. The number of rotatable bonds is 4. The molecule has 0 atom stereocenters. The molecule has 0 amide bonds. The maximum atomic E-state index is 7.69. The van der Waals surface area contributed by atoms with Gasteiger partial charge in [-0.3, -0.25) is 4.85 Å². The largest absolute Gasteiger partial charge is 2.00 e. The fraction of sp³-hybridized carbons (Fsp3) is 0.216. The molecule has 0 fully saturated rings. The fourth-order valence-corrected chi connectivity index (χ4v) is 5.13. The molecule has 43 heavy (non-hydrogen) atoms. The van der Waals surface area contributed by atoms with Crippen molar-refractivity contribution in [2.45, 2.75) is 52.4 Å². The van der Waals surface area contributed by atoms with Crippen molar-refractivity contribution in [2.75, 3.05) is 0 Å². The van der Waals surface area contributed by atoms with Gasteiger partial charge in [0.25, 0.3) is 0 Å². The van der Waals surface area contributed by atoms with Crippen molar-refractivity contribution in [3.05, 3.63) is 120 Å². The molecule has 0 radical (unpaired) electrons. The maximum Gasteiger partial charge on any atom is 2.00 e. The van der Waals surface area contributed by atoms with E-state index >= 15 is 0 Å². The van der Waals surface area contributed by atoms with E-state index in [9.17, 15) is 0 Å². The maximum absolute atomic E-state index is 7.69. The molecule has 3 aromatic heterocycles. The summed E-state index contributed by atoms with van der Waals surface area (Å²) in [6.45, 7) is 20.8. The van der Waals surface area contributed by atoms with Gasteiger partial charge in [-0.1, -0.05) is 83.5 Å². The van der Waals surface area contributed by atoms with Gasteiger partial charge < -0.3 is 14.3 Å². The molecule has 3 heterocycles. The first-order chi connectivity index (χ1) is 20.0. The molecule has 0 aliphatic carbocycles. The third-order valence-electron chi connectivity index (χ3n) is 7.48. The molecule has 3 aromatic carbocycles. The Balaban J connectivity index is 0.00000368. The van der Waals surface area contributed by atoms with Crippen LogP contribution in [0.1, 0.15) is 52.7 Å². The Morgan fingerprint density at radius 1 is 0.744 bits per heavy atom. The van der Waals surface area contributed by atoms with Crippen LogP contribution >= 0.6 is 0 Å². The molecule has 0 saturated heterocycles. The summed E-state index contributed by atoms with van der Waals surface area (Å²) in [7, 11) is 0. The van der Waals surface area contributed by atoms with Gasteiger partial charge in [0.15, 0.2) is 0 Å². The minimum absolute atomic E-state index is 0. The van der Waals surface area contributed by atoms with E-state index in [0.29, 0.717) is 22.7 Å². The van der Waals surface area contributed by atoms with Crippen LogP contribution in [0.2, 0.25) is 0 Å². The Morgan fingerprint density at radius 2 is 1.44 bits per heavy atom. The summed E-state index contributed by atoms with van der Waals surface area (Å²) in [4.78, 5) is 13.0. The van der Waals surface area contributed by atoms with Crippen LogP contribution in [0.15, 0.2) is 85.2 Å². The van der Waals surface area contributed by atoms with E-state index in [4.69, 9.17) is 16.3 Å². The summed E-state index contributed by atoms with van der Waals surface area (Å²) in [5, 5.41) is 2.18. The van der Waals surface area contributed by atoms with Crippen molar-refractivity contribution in [3.63, 3.8) is 0 Å². The fourth-order valence-electron chi connectivity index (χ4n) is 5.13. The SMILES string of the molecule is [C-]#[N+]c1cc(Oc2[c-]c3c(cc2)c2ccccc2n3-c2cc(C(C)(C)C)ccn2)[c-]c(-c2cc(C(C)(C)C)ccn2)c1.[Pt+2]. The average molecular weight is 744 g/mol. The number of benzene rings is 3. The first-order valence-electron chi connectivity index (χ1n) is 14.0. The Bertz CT molecular complexity index is 2000. The van der Waals surface area contributed by atoms with Crippen LogP contribution in [0.4, 0.5) is 5.69 Å². The van der Waals surface area contributed by atoms with Gasteiger partial charge in [0.1, 0.15) is 11.5 Å². The second-order valence-electron chi connectivity index (χ2n) is 12.6. The number of ether oxygens (including phenoxy) is 1. The van der Waals surface area contributed by atoms with E-state index in [1.54, 1.807) is 18.3 Å². The molecule has 6 aromatic rings. The topological polar surface area (TPSA) is 44.3 Å². The predicted molar refractivity (Wildman–Crippen MR) is 170 cm³/mol. The number of hydrogen-bond acceptors (Lipinski definition) is 3. The molecule has 5 nitrogen and oxygen atoms in total. The molecule has 0 aliphatic rings. The van der Waals surface area contributed by atoms with Crippen LogP contribution in [0.5, 0.6) is 11.5 Å². The van der Waals surface area contributed by atoms with Gasteiger partial charge in [-0.05, 0) is 57.3 Å². The van der Waals surface area contributed by atoms with Gasteiger partial charge in [0.2, 0.25) is 0 Å². The summed E-state index contributed by atoms with van der Waals surface area (Å²) in [5.41, 5.74) is 6.16. The van der Waals surface area contributed by atoms with Gasteiger partial charge in [-0.2, -0.15) is 6.07 Å². The van der Waals surface area contributed by atoms with Crippen molar-refractivity contribution in [2.24, 2.45) is 0 Å². The van der Waals surface area contributed by atoms with Crippen molar-refractivity contribution < 1.29 is 25.8 Å². The van der Waals surface area contributed by atoms with E-state index in [-0.39, 0.29) is 31.9 Å². The summed E-state index contributed by atoms with van der Waals surface area (Å²) in [6.07, 6.45) is 3.67. The smallest absolute Gasteiger partial charge is 0.504 e. The van der Waals surface area contributed by atoms with E-state index < -0.39 is 0 Å². The van der Waals surface area contributed by atoms with Crippen LogP contribution in [0.25, 0.3) is 43.7 Å². The van der Waals surface area contributed by atoms with Crippen LogP contribution in [0, 0.1) is 18.7 Å². The third-order valence-corrected chi connectivity index (χ3v) is 7.48. The van der Waals surface area contributed by atoms with E-state index in [1.807, 2.05) is 30.5 Å². The van der Waals surface area contributed by atoms with Gasteiger partial charge in [0.05, 0.1) is 6.57 Å². The summed E-state index contributed by atoms with van der Waals surface area (Å²) < 4.78 is 8.48. The molecule has 6 heteroatoms. The van der Waals surface area contributed by atoms with Crippen molar-refractivity contribution in [1.29, 1.82) is 0 Å². The zero-order valence-corrected chi connectivity index (χ0v) is 27.4.